The zero-order valence-electron chi connectivity index (χ0n) is 13.8. The van der Waals surface area contributed by atoms with Gasteiger partial charge in [-0.05, 0) is 30.7 Å². The number of rotatable bonds is 6. The zero-order chi connectivity index (χ0) is 19.1. The molecular formula is C18H15ClN2O5. The first-order valence-corrected chi connectivity index (χ1v) is 7.88. The Morgan fingerprint density at radius 3 is 2.73 bits per heavy atom. The maximum Gasteiger partial charge on any atom is 0.331 e. The van der Waals surface area contributed by atoms with E-state index in [1.54, 1.807) is 6.08 Å². The van der Waals surface area contributed by atoms with Crippen LogP contribution < -0.4 is 5.32 Å². The van der Waals surface area contributed by atoms with Crippen LogP contribution in [0, 0.1) is 17.0 Å². The lowest BCUT2D eigenvalue weighted by molar-refractivity contribution is -0.384. The molecule has 2 aromatic rings. The molecule has 0 saturated carbocycles. The summed E-state index contributed by atoms with van der Waals surface area (Å²) in [4.78, 5) is 33.6. The predicted octanol–water partition coefficient (Wildman–Crippen LogP) is 3.75. The van der Waals surface area contributed by atoms with Gasteiger partial charge in [0.05, 0.1) is 4.92 Å². The summed E-state index contributed by atoms with van der Waals surface area (Å²) < 4.78 is 4.83. The monoisotopic (exact) mass is 374 g/mol. The van der Waals surface area contributed by atoms with Crippen molar-refractivity contribution in [1.82, 2.24) is 0 Å². The fourth-order valence-electron chi connectivity index (χ4n) is 2.05. The van der Waals surface area contributed by atoms with Crippen molar-refractivity contribution in [2.24, 2.45) is 0 Å². The Morgan fingerprint density at radius 2 is 2.04 bits per heavy atom. The molecule has 0 atom stereocenters. The molecule has 0 aliphatic heterocycles. The van der Waals surface area contributed by atoms with Gasteiger partial charge in [0, 0.05) is 17.8 Å². The maximum atomic E-state index is 11.8. The van der Waals surface area contributed by atoms with Crippen LogP contribution in [0.2, 0.25) is 5.02 Å². The fraction of sp³-hybridized carbons (Fsp3) is 0.111. The molecule has 26 heavy (non-hydrogen) atoms. The highest BCUT2D eigenvalue weighted by Crippen LogP contribution is 2.27. The number of carbonyl (C=O) groups is 2. The van der Waals surface area contributed by atoms with Crippen molar-refractivity contribution in [2.75, 3.05) is 11.9 Å². The normalized spacial score (nSPS) is 10.5. The third-order valence-electron chi connectivity index (χ3n) is 3.23. The van der Waals surface area contributed by atoms with E-state index in [4.69, 9.17) is 16.3 Å². The molecule has 0 aromatic heterocycles. The third-order valence-corrected chi connectivity index (χ3v) is 3.55. The van der Waals surface area contributed by atoms with E-state index in [9.17, 15) is 19.7 Å². The summed E-state index contributed by atoms with van der Waals surface area (Å²) in [7, 11) is 0. The van der Waals surface area contributed by atoms with Crippen LogP contribution in [0.4, 0.5) is 11.4 Å². The molecule has 0 heterocycles. The van der Waals surface area contributed by atoms with Gasteiger partial charge in [-0.15, -0.1) is 0 Å². The van der Waals surface area contributed by atoms with Crippen molar-refractivity contribution in [1.29, 1.82) is 0 Å². The minimum atomic E-state index is -0.677. The Labute approximate surface area is 154 Å². The molecule has 1 N–H and O–H groups in total. The lowest BCUT2D eigenvalue weighted by Gasteiger charge is -2.06. The Morgan fingerprint density at radius 1 is 1.27 bits per heavy atom. The van der Waals surface area contributed by atoms with Crippen LogP contribution in [-0.4, -0.2) is 23.4 Å². The van der Waals surface area contributed by atoms with E-state index in [-0.39, 0.29) is 16.4 Å². The highest BCUT2D eigenvalue weighted by molar-refractivity contribution is 6.32. The molecule has 2 rings (SSSR count). The highest BCUT2D eigenvalue weighted by Gasteiger charge is 2.14. The number of esters is 1. The van der Waals surface area contributed by atoms with Crippen LogP contribution in [0.25, 0.3) is 6.08 Å². The van der Waals surface area contributed by atoms with E-state index in [0.717, 1.165) is 17.2 Å². The summed E-state index contributed by atoms with van der Waals surface area (Å²) >= 11 is 5.69. The molecule has 134 valence electrons. The summed E-state index contributed by atoms with van der Waals surface area (Å²) in [6, 6.07) is 11.3. The fourth-order valence-corrected chi connectivity index (χ4v) is 2.24. The van der Waals surface area contributed by atoms with Gasteiger partial charge in [0.25, 0.3) is 11.6 Å². The summed E-state index contributed by atoms with van der Waals surface area (Å²) in [5.74, 6) is -1.30. The number of halogens is 1. The van der Waals surface area contributed by atoms with Crippen LogP contribution in [0.15, 0.2) is 48.5 Å². The average molecular weight is 375 g/mol. The van der Waals surface area contributed by atoms with Crippen molar-refractivity contribution < 1.29 is 19.2 Å². The SMILES string of the molecule is Cc1cccc(/C=C/C(=O)OCC(=O)Nc2ccc(Cl)c([N+](=O)[O-])c2)c1. The minimum absolute atomic E-state index is 0.0410. The molecule has 0 bridgehead atoms. The zero-order valence-corrected chi connectivity index (χ0v) is 14.5. The average Bonchev–Trinajstić information content (AvgIpc) is 2.59. The van der Waals surface area contributed by atoms with Crippen LogP contribution in [0.5, 0.6) is 0 Å². The first-order valence-electron chi connectivity index (χ1n) is 7.50. The van der Waals surface area contributed by atoms with Gasteiger partial charge >= 0.3 is 5.97 Å². The molecule has 0 fully saturated rings. The van der Waals surface area contributed by atoms with E-state index >= 15 is 0 Å². The predicted molar refractivity (Wildman–Crippen MR) is 97.9 cm³/mol. The smallest absolute Gasteiger partial charge is 0.331 e. The second-order valence-corrected chi connectivity index (χ2v) is 5.73. The lowest BCUT2D eigenvalue weighted by Crippen LogP contribution is -2.20. The second kappa shape index (κ2) is 8.77. The van der Waals surface area contributed by atoms with E-state index in [0.29, 0.717) is 0 Å². The molecule has 0 aliphatic carbocycles. The highest BCUT2D eigenvalue weighted by atomic mass is 35.5. The van der Waals surface area contributed by atoms with Crippen LogP contribution >= 0.6 is 11.6 Å². The number of amides is 1. The molecule has 0 spiro atoms. The number of aryl methyl sites for hydroxylation is 1. The summed E-state index contributed by atoms with van der Waals surface area (Å²) in [6.45, 7) is 1.41. The number of hydrogen-bond acceptors (Lipinski definition) is 5. The number of nitrogens with one attached hydrogen (secondary N) is 1. The molecule has 0 aliphatic rings. The summed E-state index contributed by atoms with van der Waals surface area (Å²) in [6.07, 6.45) is 2.80. The van der Waals surface area contributed by atoms with Gasteiger partial charge in [-0.25, -0.2) is 4.79 Å². The van der Waals surface area contributed by atoms with Crippen molar-refractivity contribution in [3.63, 3.8) is 0 Å². The summed E-state index contributed by atoms with van der Waals surface area (Å²) in [5, 5.41) is 13.2. The van der Waals surface area contributed by atoms with Crippen LogP contribution in [0.1, 0.15) is 11.1 Å². The van der Waals surface area contributed by atoms with Gasteiger partial charge < -0.3 is 10.1 Å². The first kappa shape index (κ1) is 19.1. The quantitative estimate of drug-likeness (QED) is 0.359. The second-order valence-electron chi connectivity index (χ2n) is 5.33. The van der Waals surface area contributed by atoms with Crippen molar-refractivity contribution in [3.8, 4) is 0 Å². The van der Waals surface area contributed by atoms with E-state index in [1.165, 1.54) is 18.2 Å². The Kier molecular flexibility index (Phi) is 6.46. The Balaban J connectivity index is 1.87. The van der Waals surface area contributed by atoms with E-state index in [1.807, 2.05) is 31.2 Å². The largest absolute Gasteiger partial charge is 0.452 e. The van der Waals surface area contributed by atoms with Crippen LogP contribution in [0.3, 0.4) is 0 Å². The number of carbonyl (C=O) groups excluding carboxylic acids is 2. The molecule has 0 saturated heterocycles. The van der Waals surface area contributed by atoms with Gasteiger partial charge in [0.15, 0.2) is 6.61 Å². The van der Waals surface area contributed by atoms with Gasteiger partial charge in [-0.1, -0.05) is 41.4 Å². The number of benzene rings is 2. The van der Waals surface area contributed by atoms with Gasteiger partial charge in [-0.2, -0.15) is 0 Å². The van der Waals surface area contributed by atoms with Crippen molar-refractivity contribution in [2.45, 2.75) is 6.92 Å². The maximum absolute atomic E-state index is 11.8. The number of ether oxygens (including phenoxy) is 1. The number of hydrogen-bond donors (Lipinski definition) is 1. The number of nitro groups is 1. The van der Waals surface area contributed by atoms with Crippen molar-refractivity contribution >= 4 is 40.9 Å². The molecular weight excluding hydrogens is 360 g/mol. The standard InChI is InChI=1S/C18H15ClN2O5/c1-12-3-2-4-13(9-12)5-8-18(23)26-11-17(22)20-14-6-7-15(19)16(10-14)21(24)25/h2-10H,11H2,1H3,(H,20,22)/b8-5+. The number of nitrogens with zero attached hydrogens (tertiary/aromatic N) is 1. The Bertz CT molecular complexity index is 880. The molecule has 2 aromatic carbocycles. The Hall–Kier alpha value is -3.19. The minimum Gasteiger partial charge on any atom is -0.452 e. The molecule has 7 nitrogen and oxygen atoms in total. The topological polar surface area (TPSA) is 98.5 Å². The molecule has 0 unspecified atom stereocenters. The lowest BCUT2D eigenvalue weighted by atomic mass is 10.1. The van der Waals surface area contributed by atoms with E-state index < -0.39 is 23.4 Å². The molecule has 1 amide bonds. The molecule has 8 heteroatoms. The van der Waals surface area contributed by atoms with Gasteiger partial charge in [0.1, 0.15) is 5.02 Å². The molecule has 0 radical (unpaired) electrons. The number of anilines is 1. The first-order chi connectivity index (χ1) is 12.3. The van der Waals surface area contributed by atoms with Crippen molar-refractivity contribution in [3.05, 3.63) is 74.8 Å². The van der Waals surface area contributed by atoms with E-state index in [2.05, 4.69) is 5.32 Å². The summed E-state index contributed by atoms with van der Waals surface area (Å²) in [5.41, 5.74) is 1.73. The van der Waals surface area contributed by atoms with Gasteiger partial charge in [0.2, 0.25) is 0 Å². The van der Waals surface area contributed by atoms with Crippen LogP contribution in [-0.2, 0) is 14.3 Å². The third kappa shape index (κ3) is 5.71. The van der Waals surface area contributed by atoms with Gasteiger partial charge in [-0.3, -0.25) is 14.9 Å². The number of nitro benzene ring substituents is 1.